The van der Waals surface area contributed by atoms with Crippen molar-refractivity contribution in [3.05, 3.63) is 18.3 Å². The first-order valence-corrected chi connectivity index (χ1v) is 7.02. The van der Waals surface area contributed by atoms with E-state index in [0.717, 1.165) is 25.2 Å². The van der Waals surface area contributed by atoms with E-state index in [-0.39, 0.29) is 4.90 Å². The van der Waals surface area contributed by atoms with E-state index >= 15 is 0 Å². The molecule has 0 bridgehead atoms. The Labute approximate surface area is 101 Å². The Bertz CT molecular complexity index is 482. The van der Waals surface area contributed by atoms with Crippen LogP contribution in [-0.2, 0) is 10.0 Å². The molecular formula is C10H16N4O2S. The summed E-state index contributed by atoms with van der Waals surface area (Å²) >= 11 is 0. The van der Waals surface area contributed by atoms with Crippen LogP contribution in [0.25, 0.3) is 0 Å². The molecule has 1 aliphatic rings. The molecule has 0 radical (unpaired) electrons. The molecule has 0 aliphatic heterocycles. The minimum absolute atomic E-state index is 0.0322. The Morgan fingerprint density at radius 3 is 2.53 bits per heavy atom. The molecule has 1 aliphatic carbocycles. The Hall–Kier alpha value is -1.18. The molecule has 6 nitrogen and oxygen atoms in total. The van der Waals surface area contributed by atoms with Crippen molar-refractivity contribution in [2.75, 3.05) is 18.0 Å². The van der Waals surface area contributed by atoms with Gasteiger partial charge in [0.25, 0.3) is 0 Å². The Balaban J connectivity index is 2.21. The molecule has 0 atom stereocenters. The van der Waals surface area contributed by atoms with Gasteiger partial charge in [0, 0.05) is 25.3 Å². The van der Waals surface area contributed by atoms with E-state index in [1.807, 2.05) is 0 Å². The lowest BCUT2D eigenvalue weighted by Crippen LogP contribution is -2.32. The predicted octanol–water partition coefficient (Wildman–Crippen LogP) is -0.344. The second-order valence-electron chi connectivity index (χ2n) is 4.11. The van der Waals surface area contributed by atoms with Crippen LogP contribution in [0.5, 0.6) is 0 Å². The number of nitrogens with two attached hydrogens (primary N) is 2. The lowest BCUT2D eigenvalue weighted by atomic mass is 10.4. The van der Waals surface area contributed by atoms with Gasteiger partial charge in [-0.3, -0.25) is 0 Å². The first-order valence-electron chi connectivity index (χ1n) is 5.48. The summed E-state index contributed by atoms with van der Waals surface area (Å²) in [5.41, 5.74) is 5.55. The van der Waals surface area contributed by atoms with Gasteiger partial charge in [0.1, 0.15) is 10.7 Å². The van der Waals surface area contributed by atoms with Gasteiger partial charge in [0.15, 0.2) is 0 Å². The van der Waals surface area contributed by atoms with E-state index < -0.39 is 10.0 Å². The minimum atomic E-state index is -3.67. The summed E-state index contributed by atoms with van der Waals surface area (Å²) in [5.74, 6) is 0.755. The van der Waals surface area contributed by atoms with Gasteiger partial charge >= 0.3 is 0 Å². The van der Waals surface area contributed by atoms with E-state index in [1.54, 1.807) is 6.07 Å². The summed E-state index contributed by atoms with van der Waals surface area (Å²) in [6.45, 7) is 1.28. The zero-order valence-corrected chi connectivity index (χ0v) is 10.2. The number of hydrogen-bond acceptors (Lipinski definition) is 5. The summed E-state index contributed by atoms with van der Waals surface area (Å²) in [6, 6.07) is 3.64. The Morgan fingerprint density at radius 2 is 2.12 bits per heavy atom. The quantitative estimate of drug-likeness (QED) is 0.750. The van der Waals surface area contributed by atoms with E-state index in [1.165, 1.54) is 12.3 Å². The number of hydrogen-bond donors (Lipinski definition) is 2. The molecule has 1 aromatic heterocycles. The van der Waals surface area contributed by atoms with Gasteiger partial charge in [0.2, 0.25) is 10.0 Å². The molecule has 1 saturated carbocycles. The Kier molecular flexibility index (Phi) is 3.32. The number of nitrogens with zero attached hydrogens (tertiary/aromatic N) is 2. The first-order chi connectivity index (χ1) is 8.02. The van der Waals surface area contributed by atoms with Crippen LogP contribution in [-0.4, -0.2) is 32.5 Å². The molecule has 17 heavy (non-hydrogen) atoms. The number of sulfonamides is 1. The number of rotatable bonds is 5. The summed E-state index contributed by atoms with van der Waals surface area (Å²) in [4.78, 5) is 6.27. The first kappa shape index (κ1) is 12.3. The molecule has 2 rings (SSSR count). The van der Waals surface area contributed by atoms with E-state index in [0.29, 0.717) is 12.6 Å². The van der Waals surface area contributed by atoms with Gasteiger partial charge in [-0.25, -0.2) is 18.5 Å². The summed E-state index contributed by atoms with van der Waals surface area (Å²) < 4.78 is 22.2. The highest BCUT2D eigenvalue weighted by Crippen LogP contribution is 2.30. The van der Waals surface area contributed by atoms with E-state index in [2.05, 4.69) is 9.88 Å². The molecule has 1 aromatic rings. The lowest BCUT2D eigenvalue weighted by Gasteiger charge is -2.22. The number of pyridine rings is 1. The van der Waals surface area contributed by atoms with Gasteiger partial charge in [-0.15, -0.1) is 0 Å². The van der Waals surface area contributed by atoms with Crippen molar-refractivity contribution in [2.24, 2.45) is 10.9 Å². The van der Waals surface area contributed by atoms with Crippen LogP contribution in [0.1, 0.15) is 12.8 Å². The smallest absolute Gasteiger partial charge is 0.239 e. The van der Waals surface area contributed by atoms with Crippen molar-refractivity contribution in [3.63, 3.8) is 0 Å². The number of anilines is 1. The van der Waals surface area contributed by atoms with E-state index in [9.17, 15) is 8.42 Å². The standard InChI is InChI=1S/C10H16N4O2S/c11-5-6-14(8-1-2-8)10-4-3-9(7-13-10)17(12,15)16/h3-4,7-8H,1-2,5-6,11H2,(H2,12,15,16). The predicted molar refractivity (Wildman–Crippen MR) is 65.0 cm³/mol. The van der Waals surface area contributed by atoms with Crippen LogP contribution in [0.15, 0.2) is 23.2 Å². The van der Waals surface area contributed by atoms with Crippen molar-refractivity contribution in [2.45, 2.75) is 23.8 Å². The fourth-order valence-electron chi connectivity index (χ4n) is 1.72. The molecule has 0 aromatic carbocycles. The largest absolute Gasteiger partial charge is 0.352 e. The monoisotopic (exact) mass is 256 g/mol. The maximum atomic E-state index is 11.1. The zero-order valence-electron chi connectivity index (χ0n) is 9.41. The third-order valence-electron chi connectivity index (χ3n) is 2.70. The normalized spacial score (nSPS) is 15.9. The highest BCUT2D eigenvalue weighted by Gasteiger charge is 2.29. The van der Waals surface area contributed by atoms with Crippen molar-refractivity contribution in [1.29, 1.82) is 0 Å². The average molecular weight is 256 g/mol. The second-order valence-corrected chi connectivity index (χ2v) is 5.67. The van der Waals surface area contributed by atoms with Crippen LogP contribution < -0.4 is 15.8 Å². The number of primary sulfonamides is 1. The maximum absolute atomic E-state index is 11.1. The Morgan fingerprint density at radius 1 is 1.41 bits per heavy atom. The van der Waals surface area contributed by atoms with Gasteiger partial charge in [-0.2, -0.15) is 0 Å². The molecule has 94 valence electrons. The van der Waals surface area contributed by atoms with Crippen LogP contribution in [0.3, 0.4) is 0 Å². The SMILES string of the molecule is NCCN(c1ccc(S(N)(=O)=O)cn1)C1CC1. The highest BCUT2D eigenvalue weighted by atomic mass is 32.2. The molecule has 0 spiro atoms. The second kappa shape index (κ2) is 4.59. The summed E-state index contributed by atoms with van der Waals surface area (Å²) in [7, 11) is -3.67. The maximum Gasteiger partial charge on any atom is 0.239 e. The molecule has 0 unspecified atom stereocenters. The van der Waals surface area contributed by atoms with Crippen LogP contribution in [0.2, 0.25) is 0 Å². The third kappa shape index (κ3) is 2.93. The van der Waals surface area contributed by atoms with Crippen molar-refractivity contribution < 1.29 is 8.42 Å². The lowest BCUT2D eigenvalue weighted by molar-refractivity contribution is 0.597. The number of aromatic nitrogens is 1. The summed E-state index contributed by atoms with van der Waals surface area (Å²) in [6.07, 6.45) is 3.56. The van der Waals surface area contributed by atoms with Gasteiger partial charge < -0.3 is 10.6 Å². The van der Waals surface area contributed by atoms with Gasteiger partial charge in [-0.1, -0.05) is 0 Å². The fraction of sp³-hybridized carbons (Fsp3) is 0.500. The third-order valence-corrected chi connectivity index (χ3v) is 3.60. The van der Waals surface area contributed by atoms with Gasteiger partial charge in [-0.05, 0) is 25.0 Å². The highest BCUT2D eigenvalue weighted by molar-refractivity contribution is 7.89. The molecule has 1 fully saturated rings. The van der Waals surface area contributed by atoms with Crippen LogP contribution >= 0.6 is 0 Å². The van der Waals surface area contributed by atoms with Crippen molar-refractivity contribution >= 4 is 15.8 Å². The average Bonchev–Trinajstić information content (AvgIpc) is 3.09. The molecule has 7 heteroatoms. The van der Waals surface area contributed by atoms with Gasteiger partial charge in [0.05, 0.1) is 0 Å². The van der Waals surface area contributed by atoms with E-state index in [4.69, 9.17) is 10.9 Å². The molecular weight excluding hydrogens is 240 g/mol. The molecule has 0 amide bonds. The van der Waals surface area contributed by atoms with Crippen molar-refractivity contribution in [1.82, 2.24) is 4.98 Å². The minimum Gasteiger partial charge on any atom is -0.352 e. The van der Waals surface area contributed by atoms with Crippen LogP contribution in [0, 0.1) is 0 Å². The zero-order chi connectivity index (χ0) is 12.5. The van der Waals surface area contributed by atoms with Crippen LogP contribution in [0.4, 0.5) is 5.82 Å². The molecule has 1 heterocycles. The topological polar surface area (TPSA) is 102 Å². The van der Waals surface area contributed by atoms with Crippen molar-refractivity contribution in [3.8, 4) is 0 Å². The molecule has 4 N–H and O–H groups in total. The fourth-order valence-corrected chi connectivity index (χ4v) is 2.18. The molecule has 0 saturated heterocycles. The summed E-state index contributed by atoms with van der Waals surface area (Å²) in [5, 5.41) is 5.01.